The fraction of sp³-hybridized carbons (Fsp3) is 0.381. The van der Waals surface area contributed by atoms with Gasteiger partial charge in [0.1, 0.15) is 0 Å². The summed E-state index contributed by atoms with van der Waals surface area (Å²) in [6, 6.07) is 7.84. The zero-order valence-corrected chi connectivity index (χ0v) is 17.3. The zero-order valence-electron chi connectivity index (χ0n) is 17.3. The van der Waals surface area contributed by atoms with E-state index in [1.165, 1.54) is 11.6 Å². The number of primary amides is 1. The fourth-order valence-corrected chi connectivity index (χ4v) is 3.33. The lowest BCUT2D eigenvalue weighted by molar-refractivity contribution is -0.117. The number of carbonyl (C=O) groups excluding carboxylic acids is 2. The van der Waals surface area contributed by atoms with Gasteiger partial charge in [-0.15, -0.1) is 10.2 Å². The topological polar surface area (TPSA) is 126 Å². The predicted octanol–water partition coefficient (Wildman–Crippen LogP) is 2.11. The number of hydrogen-bond acceptors (Lipinski definition) is 7. The monoisotopic (exact) mass is 409 g/mol. The standard InChI is InChI=1S/C21H27N7O2/c1-4-17(29)23-16-6-5-11-28(12-16)21-25-20(18(19(22)30)26-27-21)24-15-9-7-14(8-10-15)13(2)3/h4,7-10,13,16H,1,5-6,11-12H2,2-3H3,(H2,22,30)(H,23,29)(H,24,25,27)/t16-/m0/s1. The maximum Gasteiger partial charge on any atom is 0.273 e. The summed E-state index contributed by atoms with van der Waals surface area (Å²) in [6.45, 7) is 8.99. The fourth-order valence-electron chi connectivity index (χ4n) is 3.33. The van der Waals surface area contributed by atoms with E-state index < -0.39 is 5.91 Å². The average molecular weight is 409 g/mol. The minimum Gasteiger partial charge on any atom is -0.364 e. The first-order chi connectivity index (χ1) is 14.4. The number of carbonyl (C=O) groups is 2. The number of piperidine rings is 1. The van der Waals surface area contributed by atoms with Crippen molar-refractivity contribution in [2.75, 3.05) is 23.3 Å². The van der Waals surface area contributed by atoms with Gasteiger partial charge in [0, 0.05) is 24.8 Å². The van der Waals surface area contributed by atoms with Gasteiger partial charge in [-0.2, -0.15) is 4.98 Å². The number of rotatable bonds is 7. The molecule has 30 heavy (non-hydrogen) atoms. The molecule has 3 rings (SSSR count). The van der Waals surface area contributed by atoms with Crippen LogP contribution in [0, 0.1) is 0 Å². The number of aromatic nitrogens is 3. The molecule has 9 heteroatoms. The number of nitrogens with two attached hydrogens (primary N) is 1. The van der Waals surface area contributed by atoms with Gasteiger partial charge in [-0.3, -0.25) is 9.59 Å². The van der Waals surface area contributed by atoms with Crippen molar-refractivity contribution in [1.82, 2.24) is 20.5 Å². The third-order valence-electron chi connectivity index (χ3n) is 4.99. The van der Waals surface area contributed by atoms with Gasteiger partial charge in [0.15, 0.2) is 11.5 Å². The molecule has 2 aromatic rings. The molecule has 1 saturated heterocycles. The molecule has 1 aliphatic rings. The molecule has 2 heterocycles. The first-order valence-electron chi connectivity index (χ1n) is 9.96. The third kappa shape index (κ3) is 5.11. The third-order valence-corrected chi connectivity index (χ3v) is 4.99. The highest BCUT2D eigenvalue weighted by Crippen LogP contribution is 2.23. The van der Waals surface area contributed by atoms with Crippen LogP contribution in [0.4, 0.5) is 17.5 Å². The van der Waals surface area contributed by atoms with Crippen LogP contribution in [-0.2, 0) is 4.79 Å². The number of nitrogens with one attached hydrogen (secondary N) is 2. The van der Waals surface area contributed by atoms with Gasteiger partial charge in [0.05, 0.1) is 0 Å². The summed E-state index contributed by atoms with van der Waals surface area (Å²) in [6.07, 6.45) is 2.98. The molecule has 1 aromatic carbocycles. The number of amides is 2. The Hall–Kier alpha value is -3.49. The van der Waals surface area contributed by atoms with Crippen LogP contribution in [-0.4, -0.2) is 46.1 Å². The first-order valence-corrected chi connectivity index (χ1v) is 9.96. The van der Waals surface area contributed by atoms with Crippen LogP contribution in [0.1, 0.15) is 48.7 Å². The van der Waals surface area contributed by atoms with Gasteiger partial charge in [-0.25, -0.2) is 0 Å². The maximum atomic E-state index is 11.8. The molecule has 0 unspecified atom stereocenters. The molecular weight excluding hydrogens is 382 g/mol. The summed E-state index contributed by atoms with van der Waals surface area (Å²) in [4.78, 5) is 29.9. The van der Waals surface area contributed by atoms with Gasteiger partial charge >= 0.3 is 0 Å². The summed E-state index contributed by atoms with van der Waals surface area (Å²) in [7, 11) is 0. The van der Waals surface area contributed by atoms with E-state index in [4.69, 9.17) is 5.73 Å². The molecule has 0 bridgehead atoms. The second-order valence-corrected chi connectivity index (χ2v) is 7.57. The molecule has 0 radical (unpaired) electrons. The van der Waals surface area contributed by atoms with Crippen molar-refractivity contribution in [3.05, 3.63) is 48.2 Å². The summed E-state index contributed by atoms with van der Waals surface area (Å²) < 4.78 is 0. The lowest BCUT2D eigenvalue weighted by Crippen LogP contribution is -2.48. The van der Waals surface area contributed by atoms with Crippen molar-refractivity contribution >= 4 is 29.3 Å². The molecule has 158 valence electrons. The van der Waals surface area contributed by atoms with E-state index in [1.807, 2.05) is 29.2 Å². The molecule has 1 aromatic heterocycles. The van der Waals surface area contributed by atoms with Gasteiger partial charge in [-0.1, -0.05) is 32.6 Å². The minimum absolute atomic E-state index is 0.0276. The van der Waals surface area contributed by atoms with Gasteiger partial charge in [0.2, 0.25) is 11.9 Å². The van der Waals surface area contributed by atoms with E-state index in [2.05, 4.69) is 46.2 Å². The molecule has 0 saturated carbocycles. The molecule has 1 fully saturated rings. The zero-order chi connectivity index (χ0) is 21.7. The van der Waals surface area contributed by atoms with E-state index in [0.717, 1.165) is 25.1 Å². The molecule has 9 nitrogen and oxygen atoms in total. The second kappa shape index (κ2) is 9.34. The van der Waals surface area contributed by atoms with Crippen LogP contribution in [0.15, 0.2) is 36.9 Å². The summed E-state index contributed by atoms with van der Waals surface area (Å²) in [5, 5.41) is 14.1. The summed E-state index contributed by atoms with van der Waals surface area (Å²) in [5.41, 5.74) is 7.41. The highest BCUT2D eigenvalue weighted by molar-refractivity contribution is 5.96. The maximum absolute atomic E-state index is 11.8. The normalized spacial score (nSPS) is 16.2. The molecule has 4 N–H and O–H groups in total. The van der Waals surface area contributed by atoms with E-state index in [0.29, 0.717) is 18.4 Å². The Bertz CT molecular complexity index is 927. The largest absolute Gasteiger partial charge is 0.364 e. The Morgan fingerprint density at radius 2 is 2.00 bits per heavy atom. The highest BCUT2D eigenvalue weighted by Gasteiger charge is 2.24. The summed E-state index contributed by atoms with van der Waals surface area (Å²) >= 11 is 0. The number of hydrogen-bond donors (Lipinski definition) is 3. The van der Waals surface area contributed by atoms with Crippen molar-refractivity contribution in [3.63, 3.8) is 0 Å². The Balaban J connectivity index is 1.82. The summed E-state index contributed by atoms with van der Waals surface area (Å²) in [5.74, 6) is 0.122. The van der Waals surface area contributed by atoms with Crippen LogP contribution < -0.4 is 21.3 Å². The van der Waals surface area contributed by atoms with Crippen LogP contribution in [0.3, 0.4) is 0 Å². The van der Waals surface area contributed by atoms with Crippen molar-refractivity contribution < 1.29 is 9.59 Å². The average Bonchev–Trinajstić information content (AvgIpc) is 2.74. The van der Waals surface area contributed by atoms with Crippen molar-refractivity contribution in [3.8, 4) is 0 Å². The van der Waals surface area contributed by atoms with Crippen molar-refractivity contribution in [2.45, 2.75) is 38.6 Å². The molecule has 0 aliphatic carbocycles. The molecule has 1 aliphatic heterocycles. The van der Waals surface area contributed by atoms with Crippen LogP contribution in [0.2, 0.25) is 0 Å². The molecular formula is C21H27N7O2. The predicted molar refractivity (Wildman–Crippen MR) is 116 cm³/mol. The van der Waals surface area contributed by atoms with Crippen molar-refractivity contribution in [2.24, 2.45) is 5.73 Å². The smallest absolute Gasteiger partial charge is 0.273 e. The van der Waals surface area contributed by atoms with Crippen LogP contribution >= 0.6 is 0 Å². The van der Waals surface area contributed by atoms with E-state index in [1.54, 1.807) is 0 Å². The second-order valence-electron chi connectivity index (χ2n) is 7.57. The SMILES string of the molecule is C=CC(=O)N[C@H]1CCCN(c2nnc(C(N)=O)c(Nc3ccc(C(C)C)cc3)n2)C1. The lowest BCUT2D eigenvalue weighted by atomic mass is 10.0. The number of anilines is 3. The Morgan fingerprint density at radius 1 is 1.27 bits per heavy atom. The van der Waals surface area contributed by atoms with Crippen molar-refractivity contribution in [1.29, 1.82) is 0 Å². The molecule has 1 atom stereocenters. The van der Waals surface area contributed by atoms with E-state index in [9.17, 15) is 9.59 Å². The van der Waals surface area contributed by atoms with E-state index >= 15 is 0 Å². The van der Waals surface area contributed by atoms with Gasteiger partial charge in [-0.05, 0) is 42.5 Å². The molecule has 0 spiro atoms. The van der Waals surface area contributed by atoms with Crippen LogP contribution in [0.25, 0.3) is 0 Å². The number of benzene rings is 1. The number of nitrogens with zero attached hydrogens (tertiary/aromatic N) is 4. The minimum atomic E-state index is -0.711. The lowest BCUT2D eigenvalue weighted by Gasteiger charge is -2.32. The Morgan fingerprint density at radius 3 is 2.63 bits per heavy atom. The Labute approximate surface area is 175 Å². The van der Waals surface area contributed by atoms with Crippen LogP contribution in [0.5, 0.6) is 0 Å². The first kappa shape index (κ1) is 21.2. The van der Waals surface area contributed by atoms with Gasteiger partial charge in [0.25, 0.3) is 5.91 Å². The Kier molecular flexibility index (Phi) is 6.61. The quantitative estimate of drug-likeness (QED) is 0.598. The van der Waals surface area contributed by atoms with Gasteiger partial charge < -0.3 is 21.3 Å². The molecule has 2 amide bonds. The van der Waals surface area contributed by atoms with E-state index in [-0.39, 0.29) is 23.5 Å². The highest BCUT2D eigenvalue weighted by atomic mass is 16.2.